The van der Waals surface area contributed by atoms with Crippen LogP contribution in [0.2, 0.25) is 0 Å². The molecule has 0 aliphatic heterocycles. The lowest BCUT2D eigenvalue weighted by atomic mass is 10.0. The molecule has 0 radical (unpaired) electrons. The maximum absolute atomic E-state index is 11.9. The number of carbonyl (C=O) groups excluding carboxylic acids is 3. The molecule has 0 aliphatic carbocycles. The molecule has 1 atom stereocenters. The fraction of sp³-hybridized carbons (Fsp3) is 0.278. The first-order chi connectivity index (χ1) is 11.5. The number of esters is 1. The molecule has 0 unspecified atom stereocenters. The fourth-order valence-corrected chi connectivity index (χ4v) is 2.19. The Morgan fingerprint density at radius 3 is 2.46 bits per heavy atom. The quantitative estimate of drug-likeness (QED) is 0.786. The molecular weight excluding hydrogens is 310 g/mol. The van der Waals surface area contributed by atoms with E-state index in [1.807, 2.05) is 30.3 Å². The molecule has 0 bridgehead atoms. The maximum atomic E-state index is 11.9. The van der Waals surface area contributed by atoms with Gasteiger partial charge in [-0.3, -0.25) is 9.59 Å². The van der Waals surface area contributed by atoms with E-state index in [0.29, 0.717) is 12.2 Å². The van der Waals surface area contributed by atoms with Gasteiger partial charge in [-0.05, 0) is 31.9 Å². The number of rotatable bonds is 7. The Hall–Kier alpha value is -2.89. The summed E-state index contributed by atoms with van der Waals surface area (Å²) in [5.41, 5.74) is 1.21. The summed E-state index contributed by atoms with van der Waals surface area (Å²) >= 11 is 0. The van der Waals surface area contributed by atoms with Gasteiger partial charge in [0.05, 0.1) is 12.3 Å². The number of furan rings is 1. The van der Waals surface area contributed by atoms with Crippen molar-refractivity contribution >= 4 is 17.7 Å². The zero-order chi connectivity index (χ0) is 17.5. The summed E-state index contributed by atoms with van der Waals surface area (Å²) in [7, 11) is 0. The number of ketones is 1. The third kappa shape index (κ3) is 4.81. The van der Waals surface area contributed by atoms with Crippen LogP contribution in [0.15, 0.2) is 47.1 Å². The third-order valence-electron chi connectivity index (χ3n) is 3.52. The summed E-state index contributed by atoms with van der Waals surface area (Å²) in [6.07, 6.45) is 1.76. The molecule has 2 aromatic rings. The summed E-state index contributed by atoms with van der Waals surface area (Å²) in [5.74, 6) is -0.908. The Morgan fingerprint density at radius 1 is 1.17 bits per heavy atom. The van der Waals surface area contributed by atoms with Crippen LogP contribution in [0.4, 0.5) is 0 Å². The standard InChI is InChI=1S/C18H19NO5/c1-12(20)16(10-14-6-4-3-5-7-14)19-17(21)11-24-18(22)15-8-9-23-13(15)2/h3-9,16H,10-11H2,1-2H3,(H,19,21)/t16-/m0/s1. The van der Waals surface area contributed by atoms with Crippen LogP contribution in [0, 0.1) is 6.92 Å². The van der Waals surface area contributed by atoms with Crippen LogP contribution < -0.4 is 5.32 Å². The van der Waals surface area contributed by atoms with Gasteiger partial charge in [-0.2, -0.15) is 0 Å². The van der Waals surface area contributed by atoms with Gasteiger partial charge in [0.2, 0.25) is 0 Å². The monoisotopic (exact) mass is 329 g/mol. The number of hydrogen-bond acceptors (Lipinski definition) is 5. The molecule has 2 rings (SSSR count). The second-order valence-electron chi connectivity index (χ2n) is 5.39. The lowest BCUT2D eigenvalue weighted by Crippen LogP contribution is -2.43. The number of ether oxygens (including phenoxy) is 1. The lowest BCUT2D eigenvalue weighted by Gasteiger charge is -2.16. The van der Waals surface area contributed by atoms with Crippen molar-refractivity contribution in [2.24, 2.45) is 0 Å². The van der Waals surface area contributed by atoms with E-state index in [1.165, 1.54) is 19.3 Å². The number of benzene rings is 1. The predicted octanol–water partition coefficient (Wildman–Crippen LogP) is 2.06. The lowest BCUT2D eigenvalue weighted by molar-refractivity contribution is -0.128. The van der Waals surface area contributed by atoms with E-state index < -0.39 is 24.5 Å². The molecule has 126 valence electrons. The number of amides is 1. The molecule has 0 spiro atoms. The average Bonchev–Trinajstić information content (AvgIpc) is 2.99. The van der Waals surface area contributed by atoms with Crippen LogP contribution in [0.5, 0.6) is 0 Å². The number of carbonyl (C=O) groups is 3. The molecule has 1 amide bonds. The van der Waals surface area contributed by atoms with Crippen LogP contribution in [-0.2, 0) is 20.7 Å². The Balaban J connectivity index is 1.88. The van der Waals surface area contributed by atoms with E-state index in [2.05, 4.69) is 5.32 Å². The Labute approximate surface area is 139 Å². The van der Waals surface area contributed by atoms with E-state index in [4.69, 9.17) is 9.15 Å². The first-order valence-electron chi connectivity index (χ1n) is 7.52. The van der Waals surface area contributed by atoms with Crippen molar-refractivity contribution < 1.29 is 23.5 Å². The SMILES string of the molecule is CC(=O)[C@H](Cc1ccccc1)NC(=O)COC(=O)c1ccoc1C. The highest BCUT2D eigenvalue weighted by molar-refractivity contribution is 5.93. The van der Waals surface area contributed by atoms with Gasteiger partial charge in [0, 0.05) is 0 Å². The summed E-state index contributed by atoms with van der Waals surface area (Å²) in [5, 5.41) is 2.59. The second-order valence-corrected chi connectivity index (χ2v) is 5.39. The average molecular weight is 329 g/mol. The molecule has 1 aromatic carbocycles. The van der Waals surface area contributed by atoms with Gasteiger partial charge in [0.1, 0.15) is 11.3 Å². The Kier molecular flexibility index (Phi) is 5.89. The van der Waals surface area contributed by atoms with Gasteiger partial charge in [-0.1, -0.05) is 30.3 Å². The molecule has 6 heteroatoms. The number of nitrogens with one attached hydrogen (secondary N) is 1. The van der Waals surface area contributed by atoms with Crippen molar-refractivity contribution in [2.45, 2.75) is 26.3 Å². The molecular formula is C18H19NO5. The van der Waals surface area contributed by atoms with E-state index >= 15 is 0 Å². The molecule has 1 N–H and O–H groups in total. The molecule has 6 nitrogen and oxygen atoms in total. The normalized spacial score (nSPS) is 11.6. The molecule has 0 saturated carbocycles. The third-order valence-corrected chi connectivity index (χ3v) is 3.52. The molecule has 0 fully saturated rings. The van der Waals surface area contributed by atoms with Gasteiger partial charge >= 0.3 is 5.97 Å². The van der Waals surface area contributed by atoms with Gasteiger partial charge in [-0.15, -0.1) is 0 Å². The topological polar surface area (TPSA) is 85.6 Å². The van der Waals surface area contributed by atoms with Crippen molar-refractivity contribution in [1.29, 1.82) is 0 Å². The number of hydrogen-bond donors (Lipinski definition) is 1. The Bertz CT molecular complexity index is 720. The highest BCUT2D eigenvalue weighted by Crippen LogP contribution is 2.10. The summed E-state index contributed by atoms with van der Waals surface area (Å²) in [6, 6.07) is 10.2. The first-order valence-corrected chi connectivity index (χ1v) is 7.52. The second kappa shape index (κ2) is 8.10. The fourth-order valence-electron chi connectivity index (χ4n) is 2.19. The maximum Gasteiger partial charge on any atom is 0.342 e. The van der Waals surface area contributed by atoms with Crippen LogP contribution in [-0.4, -0.2) is 30.3 Å². The predicted molar refractivity (Wildman–Crippen MR) is 86.5 cm³/mol. The van der Waals surface area contributed by atoms with Crippen molar-refractivity contribution in [3.05, 3.63) is 59.5 Å². The Morgan fingerprint density at radius 2 is 1.88 bits per heavy atom. The minimum absolute atomic E-state index is 0.163. The van der Waals surface area contributed by atoms with Crippen LogP contribution >= 0.6 is 0 Å². The smallest absolute Gasteiger partial charge is 0.342 e. The molecule has 0 aliphatic rings. The van der Waals surface area contributed by atoms with E-state index in [-0.39, 0.29) is 11.3 Å². The van der Waals surface area contributed by atoms with Crippen molar-refractivity contribution in [2.75, 3.05) is 6.61 Å². The number of Topliss-reactive ketones (excluding diaryl/α,β-unsaturated/α-hetero) is 1. The summed E-state index contributed by atoms with van der Waals surface area (Å²) in [4.78, 5) is 35.5. The van der Waals surface area contributed by atoms with Gasteiger partial charge in [0.15, 0.2) is 12.4 Å². The van der Waals surface area contributed by atoms with E-state index in [0.717, 1.165) is 5.56 Å². The minimum Gasteiger partial charge on any atom is -0.469 e. The van der Waals surface area contributed by atoms with Gasteiger partial charge < -0.3 is 14.5 Å². The molecule has 0 saturated heterocycles. The van der Waals surface area contributed by atoms with Crippen molar-refractivity contribution in [1.82, 2.24) is 5.32 Å². The first kappa shape index (κ1) is 17.5. The zero-order valence-corrected chi connectivity index (χ0v) is 13.6. The minimum atomic E-state index is -0.658. The van der Waals surface area contributed by atoms with Crippen molar-refractivity contribution in [3.63, 3.8) is 0 Å². The van der Waals surface area contributed by atoms with Gasteiger partial charge in [0.25, 0.3) is 5.91 Å². The highest BCUT2D eigenvalue weighted by atomic mass is 16.5. The van der Waals surface area contributed by atoms with E-state index in [1.54, 1.807) is 6.92 Å². The summed E-state index contributed by atoms with van der Waals surface area (Å²) < 4.78 is 9.95. The zero-order valence-electron chi connectivity index (χ0n) is 13.6. The molecule has 1 heterocycles. The van der Waals surface area contributed by atoms with Crippen LogP contribution in [0.25, 0.3) is 0 Å². The van der Waals surface area contributed by atoms with Gasteiger partial charge in [-0.25, -0.2) is 4.79 Å². The summed E-state index contributed by atoms with van der Waals surface area (Å²) in [6.45, 7) is 2.58. The number of aryl methyl sites for hydroxylation is 1. The van der Waals surface area contributed by atoms with Crippen molar-refractivity contribution in [3.8, 4) is 0 Å². The van der Waals surface area contributed by atoms with E-state index in [9.17, 15) is 14.4 Å². The molecule has 1 aromatic heterocycles. The van der Waals surface area contributed by atoms with Crippen LogP contribution in [0.3, 0.4) is 0 Å². The largest absolute Gasteiger partial charge is 0.469 e. The van der Waals surface area contributed by atoms with Crippen LogP contribution in [0.1, 0.15) is 28.6 Å². The molecule has 24 heavy (non-hydrogen) atoms. The highest BCUT2D eigenvalue weighted by Gasteiger charge is 2.19.